The van der Waals surface area contributed by atoms with E-state index < -0.39 is 11.5 Å². The first-order chi connectivity index (χ1) is 9.97. The molecule has 0 bridgehead atoms. The summed E-state index contributed by atoms with van der Waals surface area (Å²) < 4.78 is 5.76. The highest BCUT2D eigenvalue weighted by Crippen LogP contribution is 2.32. The second-order valence-electron chi connectivity index (χ2n) is 4.77. The predicted molar refractivity (Wildman–Crippen MR) is 85.2 cm³/mol. The minimum atomic E-state index is -1.11. The monoisotopic (exact) mass is 349 g/mol. The Morgan fingerprint density at radius 2 is 1.95 bits per heavy atom. The van der Waals surface area contributed by atoms with Crippen molar-refractivity contribution in [3.8, 4) is 5.75 Å². The van der Waals surface area contributed by atoms with Gasteiger partial charge in [-0.1, -0.05) is 24.3 Å². The Kier molecular flexibility index (Phi) is 4.53. The molecule has 2 N–H and O–H groups in total. The molecule has 0 aliphatic carbocycles. The molecule has 2 rings (SSSR count). The summed E-state index contributed by atoms with van der Waals surface area (Å²) >= 11 is 3.44. The van der Waals surface area contributed by atoms with E-state index in [0.717, 1.165) is 10.2 Å². The van der Waals surface area contributed by atoms with Crippen LogP contribution in [-0.4, -0.2) is 18.2 Å². The van der Waals surface area contributed by atoms with E-state index in [2.05, 4.69) is 21.2 Å². The van der Waals surface area contributed by atoms with Crippen molar-refractivity contribution in [2.75, 3.05) is 12.4 Å². The number of hydrogen-bond donors (Lipinski definition) is 2. The lowest BCUT2D eigenvalue weighted by atomic mass is 9.91. The highest BCUT2D eigenvalue weighted by molar-refractivity contribution is 9.10. The fourth-order valence-electron chi connectivity index (χ4n) is 2.09. The van der Waals surface area contributed by atoms with Gasteiger partial charge < -0.3 is 15.2 Å². The molecule has 0 aromatic heterocycles. The van der Waals surface area contributed by atoms with E-state index in [1.165, 1.54) is 7.11 Å². The van der Waals surface area contributed by atoms with Gasteiger partial charge in [0.1, 0.15) is 5.75 Å². The van der Waals surface area contributed by atoms with E-state index in [4.69, 9.17) is 4.74 Å². The SMILES string of the molecule is COC(=O)C(C)(Nc1ccccc1Br)c1cccc(O)c1. The molecular weight excluding hydrogens is 334 g/mol. The van der Waals surface area contributed by atoms with E-state index in [-0.39, 0.29) is 5.75 Å². The highest BCUT2D eigenvalue weighted by atomic mass is 79.9. The summed E-state index contributed by atoms with van der Waals surface area (Å²) in [6.45, 7) is 1.72. The van der Waals surface area contributed by atoms with Gasteiger partial charge in [0.25, 0.3) is 0 Å². The fourth-order valence-corrected chi connectivity index (χ4v) is 2.48. The van der Waals surface area contributed by atoms with E-state index >= 15 is 0 Å². The molecule has 0 saturated heterocycles. The summed E-state index contributed by atoms with van der Waals surface area (Å²) in [4.78, 5) is 12.3. The smallest absolute Gasteiger partial charge is 0.335 e. The summed E-state index contributed by atoms with van der Waals surface area (Å²) in [5.74, 6) is -0.347. The van der Waals surface area contributed by atoms with Crippen molar-refractivity contribution in [1.29, 1.82) is 0 Å². The van der Waals surface area contributed by atoms with E-state index in [0.29, 0.717) is 5.56 Å². The molecule has 4 nitrogen and oxygen atoms in total. The molecule has 0 amide bonds. The summed E-state index contributed by atoms with van der Waals surface area (Å²) in [5.41, 5.74) is 0.260. The van der Waals surface area contributed by atoms with Crippen LogP contribution >= 0.6 is 15.9 Å². The maximum absolute atomic E-state index is 12.3. The van der Waals surface area contributed by atoms with Gasteiger partial charge in [0, 0.05) is 10.2 Å². The summed E-state index contributed by atoms with van der Waals surface area (Å²) in [6.07, 6.45) is 0. The Balaban J connectivity index is 2.48. The minimum absolute atomic E-state index is 0.0940. The van der Waals surface area contributed by atoms with E-state index in [1.54, 1.807) is 31.2 Å². The standard InChI is InChI=1S/C16H16BrNO3/c1-16(15(20)21-2,11-6-5-7-12(19)10-11)18-14-9-4-3-8-13(14)17/h3-10,18-19H,1-2H3. The maximum atomic E-state index is 12.3. The molecule has 0 radical (unpaired) electrons. The Morgan fingerprint density at radius 3 is 2.57 bits per heavy atom. The van der Waals surface area contributed by atoms with Gasteiger partial charge in [-0.2, -0.15) is 0 Å². The molecule has 1 unspecified atom stereocenters. The summed E-state index contributed by atoms with van der Waals surface area (Å²) in [6, 6.07) is 14.0. The number of carbonyl (C=O) groups excluding carboxylic acids is 1. The molecule has 2 aromatic rings. The van der Waals surface area contributed by atoms with Crippen LogP contribution in [0.1, 0.15) is 12.5 Å². The van der Waals surface area contributed by atoms with Crippen molar-refractivity contribution in [3.05, 3.63) is 58.6 Å². The van der Waals surface area contributed by atoms with Crippen LogP contribution in [0.4, 0.5) is 5.69 Å². The quantitative estimate of drug-likeness (QED) is 0.827. The molecule has 0 spiro atoms. The third-order valence-corrected chi connectivity index (χ3v) is 3.97. The largest absolute Gasteiger partial charge is 0.508 e. The average Bonchev–Trinajstić information content (AvgIpc) is 2.48. The van der Waals surface area contributed by atoms with E-state index in [1.807, 2.05) is 24.3 Å². The average molecular weight is 350 g/mol. The first-order valence-corrected chi connectivity index (χ1v) is 7.17. The lowest BCUT2D eigenvalue weighted by molar-refractivity contribution is -0.145. The lowest BCUT2D eigenvalue weighted by Gasteiger charge is -2.30. The number of aromatic hydroxyl groups is 1. The van der Waals surface area contributed by atoms with Crippen LogP contribution in [0, 0.1) is 0 Å². The number of esters is 1. The van der Waals surface area contributed by atoms with Crippen molar-refractivity contribution < 1.29 is 14.6 Å². The third-order valence-electron chi connectivity index (χ3n) is 3.28. The van der Waals surface area contributed by atoms with Crippen molar-refractivity contribution in [2.24, 2.45) is 0 Å². The highest BCUT2D eigenvalue weighted by Gasteiger charge is 2.37. The number of methoxy groups -OCH3 is 1. The number of carbonyl (C=O) groups is 1. The summed E-state index contributed by atoms with van der Waals surface area (Å²) in [7, 11) is 1.34. The molecule has 2 aromatic carbocycles. The van der Waals surface area contributed by atoms with Gasteiger partial charge in [0.05, 0.1) is 7.11 Å². The molecule has 0 saturated carbocycles. The second kappa shape index (κ2) is 6.18. The Morgan fingerprint density at radius 1 is 1.24 bits per heavy atom. The number of anilines is 1. The minimum Gasteiger partial charge on any atom is -0.508 e. The number of halogens is 1. The first-order valence-electron chi connectivity index (χ1n) is 6.38. The molecule has 0 fully saturated rings. The van der Waals surface area contributed by atoms with Crippen LogP contribution in [0.3, 0.4) is 0 Å². The molecule has 110 valence electrons. The first kappa shape index (κ1) is 15.4. The van der Waals surface area contributed by atoms with Gasteiger partial charge in [0.2, 0.25) is 0 Å². The normalized spacial score (nSPS) is 13.3. The van der Waals surface area contributed by atoms with Gasteiger partial charge >= 0.3 is 5.97 Å². The van der Waals surface area contributed by atoms with E-state index in [9.17, 15) is 9.90 Å². The van der Waals surface area contributed by atoms with Crippen molar-refractivity contribution in [3.63, 3.8) is 0 Å². The van der Waals surface area contributed by atoms with Crippen LogP contribution in [-0.2, 0) is 15.1 Å². The third kappa shape index (κ3) is 3.19. The number of phenolic OH excluding ortho intramolecular Hbond substituents is 1. The van der Waals surface area contributed by atoms with Crippen molar-refractivity contribution in [1.82, 2.24) is 0 Å². The number of nitrogens with one attached hydrogen (secondary N) is 1. The van der Waals surface area contributed by atoms with Crippen LogP contribution < -0.4 is 5.32 Å². The topological polar surface area (TPSA) is 58.6 Å². The Hall–Kier alpha value is -2.01. The van der Waals surface area contributed by atoms with Crippen LogP contribution in [0.2, 0.25) is 0 Å². The number of ether oxygens (including phenoxy) is 1. The lowest BCUT2D eigenvalue weighted by Crippen LogP contribution is -2.41. The maximum Gasteiger partial charge on any atom is 0.335 e. The number of benzene rings is 2. The molecule has 0 heterocycles. The van der Waals surface area contributed by atoms with Gasteiger partial charge in [-0.3, -0.25) is 0 Å². The Labute approximate surface area is 131 Å². The zero-order valence-corrected chi connectivity index (χ0v) is 13.3. The van der Waals surface area contributed by atoms with Gasteiger partial charge in [-0.15, -0.1) is 0 Å². The molecular formula is C16H16BrNO3. The van der Waals surface area contributed by atoms with Gasteiger partial charge in [0.15, 0.2) is 5.54 Å². The van der Waals surface area contributed by atoms with Crippen molar-refractivity contribution >= 4 is 27.6 Å². The van der Waals surface area contributed by atoms with Crippen LogP contribution in [0.5, 0.6) is 5.75 Å². The molecule has 5 heteroatoms. The zero-order chi connectivity index (χ0) is 15.5. The van der Waals surface area contributed by atoms with Crippen LogP contribution in [0.25, 0.3) is 0 Å². The summed E-state index contributed by atoms with van der Waals surface area (Å²) in [5, 5.41) is 12.8. The molecule has 21 heavy (non-hydrogen) atoms. The van der Waals surface area contributed by atoms with Crippen LogP contribution in [0.15, 0.2) is 53.0 Å². The predicted octanol–water partition coefficient (Wildman–Crippen LogP) is 3.66. The van der Waals surface area contributed by atoms with Gasteiger partial charge in [-0.05, 0) is 52.7 Å². The number of rotatable bonds is 4. The Bertz CT molecular complexity index is 659. The fraction of sp³-hybridized carbons (Fsp3) is 0.188. The molecule has 0 aliphatic heterocycles. The van der Waals surface area contributed by atoms with Gasteiger partial charge in [-0.25, -0.2) is 4.79 Å². The zero-order valence-electron chi connectivity index (χ0n) is 11.8. The molecule has 0 aliphatic rings. The second-order valence-corrected chi connectivity index (χ2v) is 5.63. The number of hydrogen-bond acceptors (Lipinski definition) is 4. The molecule has 1 atom stereocenters. The number of phenols is 1. The number of para-hydroxylation sites is 1. The van der Waals surface area contributed by atoms with Crippen molar-refractivity contribution in [2.45, 2.75) is 12.5 Å².